The predicted octanol–water partition coefficient (Wildman–Crippen LogP) is 3.88. The summed E-state index contributed by atoms with van der Waals surface area (Å²) >= 11 is 1.47. The van der Waals surface area contributed by atoms with E-state index in [2.05, 4.69) is 11.9 Å². The van der Waals surface area contributed by atoms with E-state index in [0.717, 1.165) is 23.1 Å². The maximum absolute atomic E-state index is 12.9. The Morgan fingerprint density at radius 1 is 1.17 bits per heavy atom. The van der Waals surface area contributed by atoms with Crippen LogP contribution in [0.25, 0.3) is 10.2 Å². The average Bonchev–Trinajstić information content (AvgIpc) is 3.10. The van der Waals surface area contributed by atoms with Crippen LogP contribution in [0.2, 0.25) is 0 Å². The van der Waals surface area contributed by atoms with Gasteiger partial charge in [0.25, 0.3) is 5.91 Å². The molecule has 8 heteroatoms. The number of fused-ring (bicyclic) bond motifs is 1. The average molecular weight is 444 g/mol. The summed E-state index contributed by atoms with van der Waals surface area (Å²) in [6.07, 6.45) is 1.93. The van der Waals surface area contributed by atoms with Crippen molar-refractivity contribution in [3.8, 4) is 0 Å². The number of nitrogens with zero attached hydrogens (tertiary/aromatic N) is 3. The first-order valence-corrected chi connectivity index (χ1v) is 12.4. The molecule has 1 aliphatic heterocycles. The summed E-state index contributed by atoms with van der Waals surface area (Å²) in [5, 5.41) is 0. The highest BCUT2D eigenvalue weighted by molar-refractivity contribution is 7.89. The van der Waals surface area contributed by atoms with Gasteiger partial charge in [0.15, 0.2) is 4.80 Å². The van der Waals surface area contributed by atoms with E-state index in [0.29, 0.717) is 35.9 Å². The fourth-order valence-corrected chi connectivity index (χ4v) is 6.54. The number of carbonyl (C=O) groups excluding carboxylic acids is 1. The Kier molecular flexibility index (Phi) is 5.90. The number of aromatic nitrogens is 1. The highest BCUT2D eigenvalue weighted by Crippen LogP contribution is 2.24. The zero-order valence-electron chi connectivity index (χ0n) is 17.1. The van der Waals surface area contributed by atoms with E-state index in [1.54, 1.807) is 16.4 Å². The monoisotopic (exact) mass is 443 g/mol. The maximum atomic E-state index is 12.9. The van der Waals surface area contributed by atoms with Crippen molar-refractivity contribution in [1.29, 1.82) is 0 Å². The van der Waals surface area contributed by atoms with E-state index in [1.165, 1.54) is 23.5 Å². The summed E-state index contributed by atoms with van der Waals surface area (Å²) in [6, 6.07) is 14.1. The molecule has 0 saturated carbocycles. The van der Waals surface area contributed by atoms with E-state index >= 15 is 0 Å². The number of sulfonamides is 1. The van der Waals surface area contributed by atoms with E-state index in [-0.39, 0.29) is 10.8 Å². The summed E-state index contributed by atoms with van der Waals surface area (Å²) in [4.78, 5) is 17.9. The standard InChI is InChI=1S/C22H25N3O3S2/c1-3-25-19-8-4-5-9-20(19)29-22(25)23-21(26)17-10-12-18(13-11-17)30(27,28)24-14-6-7-16(2)15-24/h4-5,8-13,16H,3,6-7,14-15H2,1-2H3/t16-/m1/s1. The molecule has 1 aliphatic rings. The minimum absolute atomic E-state index is 0.221. The zero-order chi connectivity index (χ0) is 21.3. The van der Waals surface area contributed by atoms with Crippen LogP contribution in [0.15, 0.2) is 58.4 Å². The van der Waals surface area contributed by atoms with Crippen LogP contribution in [-0.4, -0.2) is 36.3 Å². The van der Waals surface area contributed by atoms with Gasteiger partial charge < -0.3 is 4.57 Å². The lowest BCUT2D eigenvalue weighted by molar-refractivity contribution is 0.0997. The summed E-state index contributed by atoms with van der Waals surface area (Å²) in [5.41, 5.74) is 1.43. The third-order valence-corrected chi connectivity index (χ3v) is 8.40. The lowest BCUT2D eigenvalue weighted by Crippen LogP contribution is -2.39. The lowest BCUT2D eigenvalue weighted by atomic mass is 10.0. The number of para-hydroxylation sites is 1. The van der Waals surface area contributed by atoms with E-state index in [4.69, 9.17) is 0 Å². The second-order valence-electron chi connectivity index (χ2n) is 7.65. The lowest BCUT2D eigenvalue weighted by Gasteiger charge is -2.30. The number of piperidine rings is 1. The molecule has 2 heterocycles. The Balaban J connectivity index is 1.62. The van der Waals surface area contributed by atoms with Gasteiger partial charge in [-0.2, -0.15) is 9.30 Å². The maximum Gasteiger partial charge on any atom is 0.279 e. The third kappa shape index (κ3) is 3.99. The van der Waals surface area contributed by atoms with Crippen molar-refractivity contribution in [2.45, 2.75) is 38.1 Å². The smallest absolute Gasteiger partial charge is 0.279 e. The molecule has 1 saturated heterocycles. The minimum atomic E-state index is -3.53. The molecule has 1 aromatic heterocycles. The summed E-state index contributed by atoms with van der Waals surface area (Å²) in [7, 11) is -3.53. The fraction of sp³-hybridized carbons (Fsp3) is 0.364. The van der Waals surface area contributed by atoms with Crippen molar-refractivity contribution in [1.82, 2.24) is 8.87 Å². The van der Waals surface area contributed by atoms with Crippen LogP contribution in [-0.2, 0) is 16.6 Å². The molecule has 0 N–H and O–H groups in total. The van der Waals surface area contributed by atoms with Crippen LogP contribution in [0.4, 0.5) is 0 Å². The van der Waals surface area contributed by atoms with Crippen molar-refractivity contribution < 1.29 is 13.2 Å². The van der Waals surface area contributed by atoms with Gasteiger partial charge in [0.1, 0.15) is 0 Å². The molecular weight excluding hydrogens is 418 g/mol. The van der Waals surface area contributed by atoms with Crippen molar-refractivity contribution in [2.24, 2.45) is 10.9 Å². The number of thiazole rings is 1. The molecule has 30 heavy (non-hydrogen) atoms. The van der Waals surface area contributed by atoms with Crippen LogP contribution in [0.1, 0.15) is 37.0 Å². The van der Waals surface area contributed by atoms with Crippen LogP contribution in [0.5, 0.6) is 0 Å². The molecule has 4 rings (SSSR count). The van der Waals surface area contributed by atoms with E-state index in [1.807, 2.05) is 35.8 Å². The predicted molar refractivity (Wildman–Crippen MR) is 119 cm³/mol. The summed E-state index contributed by atoms with van der Waals surface area (Å²) < 4.78 is 30.4. The summed E-state index contributed by atoms with van der Waals surface area (Å²) in [6.45, 7) is 5.89. The molecule has 3 aromatic rings. The van der Waals surface area contributed by atoms with Crippen LogP contribution in [0, 0.1) is 5.92 Å². The van der Waals surface area contributed by atoms with Gasteiger partial charge in [0.2, 0.25) is 10.0 Å². The SMILES string of the molecule is CCn1c(=NC(=O)c2ccc(S(=O)(=O)N3CCC[C@@H](C)C3)cc2)sc2ccccc21. The number of hydrogen-bond donors (Lipinski definition) is 0. The topological polar surface area (TPSA) is 71.7 Å². The minimum Gasteiger partial charge on any atom is -0.317 e. The Morgan fingerprint density at radius 3 is 2.60 bits per heavy atom. The molecule has 0 bridgehead atoms. The van der Waals surface area contributed by atoms with Crippen LogP contribution in [0.3, 0.4) is 0 Å². The van der Waals surface area contributed by atoms with E-state index < -0.39 is 10.0 Å². The molecule has 1 amide bonds. The second-order valence-corrected chi connectivity index (χ2v) is 10.6. The quantitative estimate of drug-likeness (QED) is 0.614. The first kappa shape index (κ1) is 21.0. The fourth-order valence-electron chi connectivity index (χ4n) is 3.85. The highest BCUT2D eigenvalue weighted by atomic mass is 32.2. The number of benzene rings is 2. The largest absolute Gasteiger partial charge is 0.317 e. The van der Waals surface area contributed by atoms with Crippen molar-refractivity contribution in [3.05, 3.63) is 58.9 Å². The number of amides is 1. The van der Waals surface area contributed by atoms with Crippen molar-refractivity contribution >= 4 is 37.5 Å². The van der Waals surface area contributed by atoms with Gasteiger partial charge in [-0.05, 0) is 62.1 Å². The van der Waals surface area contributed by atoms with Crippen LogP contribution < -0.4 is 4.80 Å². The third-order valence-electron chi connectivity index (χ3n) is 5.46. The second kappa shape index (κ2) is 8.45. The Hall–Kier alpha value is -2.29. The Labute approximate surface area is 180 Å². The van der Waals surface area contributed by atoms with Crippen LogP contribution >= 0.6 is 11.3 Å². The molecule has 158 valence electrons. The van der Waals surface area contributed by atoms with Gasteiger partial charge in [-0.3, -0.25) is 4.79 Å². The molecule has 0 spiro atoms. The number of aryl methyl sites for hydroxylation is 1. The van der Waals surface area contributed by atoms with E-state index in [9.17, 15) is 13.2 Å². The van der Waals surface area contributed by atoms with Gasteiger partial charge in [0, 0.05) is 25.2 Å². The molecule has 0 aliphatic carbocycles. The van der Waals surface area contributed by atoms with Gasteiger partial charge in [-0.25, -0.2) is 8.42 Å². The summed E-state index contributed by atoms with van der Waals surface area (Å²) in [5.74, 6) is -0.0148. The Morgan fingerprint density at radius 2 is 1.90 bits per heavy atom. The molecule has 6 nitrogen and oxygen atoms in total. The number of hydrogen-bond acceptors (Lipinski definition) is 4. The molecular formula is C22H25N3O3S2. The molecule has 2 aromatic carbocycles. The Bertz CT molecular complexity index is 1240. The van der Waals surface area contributed by atoms with Gasteiger partial charge in [-0.15, -0.1) is 0 Å². The number of carbonyl (C=O) groups is 1. The molecule has 1 atom stereocenters. The van der Waals surface area contributed by atoms with Crippen molar-refractivity contribution in [2.75, 3.05) is 13.1 Å². The van der Waals surface area contributed by atoms with Gasteiger partial charge in [0.05, 0.1) is 15.1 Å². The van der Waals surface area contributed by atoms with Gasteiger partial charge in [-0.1, -0.05) is 30.4 Å². The highest BCUT2D eigenvalue weighted by Gasteiger charge is 2.28. The first-order chi connectivity index (χ1) is 14.4. The van der Waals surface area contributed by atoms with Crippen molar-refractivity contribution in [3.63, 3.8) is 0 Å². The number of rotatable bonds is 4. The molecule has 0 radical (unpaired) electrons. The first-order valence-electron chi connectivity index (χ1n) is 10.2. The van der Waals surface area contributed by atoms with Gasteiger partial charge >= 0.3 is 0 Å². The molecule has 0 unspecified atom stereocenters. The zero-order valence-corrected chi connectivity index (χ0v) is 18.7. The normalized spacial score (nSPS) is 18.7. The molecule has 1 fully saturated rings.